The largest absolute Gasteiger partial charge is 0.474 e. The standard InChI is InChI=1S/C8H14N2O4.ClH/c11-6-5-9-1-3-10(4-2-9)7(12)8(13)14;/h11H,1-6H2,(H,13,14);1H. The van der Waals surface area contributed by atoms with Crippen LogP contribution in [0.3, 0.4) is 0 Å². The summed E-state index contributed by atoms with van der Waals surface area (Å²) in [4.78, 5) is 24.7. The van der Waals surface area contributed by atoms with E-state index in [9.17, 15) is 9.59 Å². The highest BCUT2D eigenvalue weighted by Crippen LogP contribution is 2.01. The predicted molar refractivity (Wildman–Crippen MR) is 55.0 cm³/mol. The number of aliphatic hydroxyl groups is 1. The highest BCUT2D eigenvalue weighted by atomic mass is 35.5. The number of rotatable bonds is 2. The Bertz CT molecular complexity index is 229. The number of piperazine rings is 1. The number of carbonyl (C=O) groups excluding carboxylic acids is 1. The van der Waals surface area contributed by atoms with Crippen molar-refractivity contribution in [3.8, 4) is 0 Å². The summed E-state index contributed by atoms with van der Waals surface area (Å²) in [6, 6.07) is 0. The van der Waals surface area contributed by atoms with Crippen LogP contribution < -0.4 is 0 Å². The first-order valence-corrected chi connectivity index (χ1v) is 4.50. The second-order valence-corrected chi connectivity index (χ2v) is 3.16. The van der Waals surface area contributed by atoms with Gasteiger partial charge in [0.05, 0.1) is 6.61 Å². The van der Waals surface area contributed by atoms with Crippen molar-refractivity contribution in [1.29, 1.82) is 0 Å². The second-order valence-electron chi connectivity index (χ2n) is 3.16. The summed E-state index contributed by atoms with van der Waals surface area (Å²) < 4.78 is 0. The van der Waals surface area contributed by atoms with E-state index in [0.717, 1.165) is 0 Å². The highest BCUT2D eigenvalue weighted by Gasteiger charge is 2.24. The van der Waals surface area contributed by atoms with Gasteiger partial charge in [0.25, 0.3) is 0 Å². The van der Waals surface area contributed by atoms with Crippen molar-refractivity contribution in [2.75, 3.05) is 39.3 Å². The average molecular weight is 239 g/mol. The third kappa shape index (κ3) is 4.03. The third-order valence-electron chi connectivity index (χ3n) is 2.26. The molecular weight excluding hydrogens is 224 g/mol. The van der Waals surface area contributed by atoms with Crippen LogP contribution in [0.2, 0.25) is 0 Å². The van der Waals surface area contributed by atoms with E-state index in [0.29, 0.717) is 32.7 Å². The molecule has 0 aromatic rings. The lowest BCUT2D eigenvalue weighted by Gasteiger charge is -2.33. The topological polar surface area (TPSA) is 81.1 Å². The van der Waals surface area contributed by atoms with Crippen LogP contribution in [0, 0.1) is 0 Å². The molecule has 2 N–H and O–H groups in total. The zero-order valence-corrected chi connectivity index (χ0v) is 9.07. The minimum absolute atomic E-state index is 0. The number of carboxylic acid groups (broad SMARTS) is 1. The van der Waals surface area contributed by atoms with Crippen LogP contribution in [0.1, 0.15) is 0 Å². The lowest BCUT2D eigenvalue weighted by molar-refractivity contribution is -0.156. The van der Waals surface area contributed by atoms with Gasteiger partial charge in [-0.1, -0.05) is 0 Å². The zero-order valence-electron chi connectivity index (χ0n) is 8.26. The summed E-state index contributed by atoms with van der Waals surface area (Å²) >= 11 is 0. The molecule has 0 bridgehead atoms. The fourth-order valence-electron chi connectivity index (χ4n) is 1.45. The molecule has 0 aromatic heterocycles. The van der Waals surface area contributed by atoms with Crippen molar-refractivity contribution in [2.24, 2.45) is 0 Å². The molecule has 0 spiro atoms. The minimum Gasteiger partial charge on any atom is -0.474 e. The Balaban J connectivity index is 0.00000196. The number of nitrogens with zero attached hydrogens (tertiary/aromatic N) is 2. The van der Waals surface area contributed by atoms with Gasteiger partial charge < -0.3 is 15.1 Å². The van der Waals surface area contributed by atoms with Crippen LogP contribution in [-0.4, -0.2) is 71.2 Å². The molecule has 1 rings (SSSR count). The van der Waals surface area contributed by atoms with Gasteiger partial charge in [-0.3, -0.25) is 9.69 Å². The molecule has 0 unspecified atom stereocenters. The third-order valence-corrected chi connectivity index (χ3v) is 2.26. The van der Waals surface area contributed by atoms with Crippen molar-refractivity contribution in [1.82, 2.24) is 9.80 Å². The van der Waals surface area contributed by atoms with Gasteiger partial charge in [0.15, 0.2) is 0 Å². The number of hydrogen-bond acceptors (Lipinski definition) is 4. The van der Waals surface area contributed by atoms with Crippen molar-refractivity contribution in [3.63, 3.8) is 0 Å². The number of carboxylic acids is 1. The van der Waals surface area contributed by atoms with E-state index in [4.69, 9.17) is 10.2 Å². The Labute approximate surface area is 93.9 Å². The van der Waals surface area contributed by atoms with Crippen LogP contribution in [0.15, 0.2) is 0 Å². The Morgan fingerprint density at radius 3 is 2.07 bits per heavy atom. The maximum Gasteiger partial charge on any atom is 0.394 e. The molecule has 0 saturated carbocycles. The first-order valence-electron chi connectivity index (χ1n) is 4.50. The number of hydrogen-bond donors (Lipinski definition) is 2. The summed E-state index contributed by atoms with van der Waals surface area (Å²) in [5.41, 5.74) is 0. The summed E-state index contributed by atoms with van der Waals surface area (Å²) in [7, 11) is 0. The van der Waals surface area contributed by atoms with E-state index in [1.165, 1.54) is 4.90 Å². The second kappa shape index (κ2) is 6.60. The van der Waals surface area contributed by atoms with E-state index < -0.39 is 11.9 Å². The predicted octanol–water partition coefficient (Wildman–Crippen LogP) is -1.37. The van der Waals surface area contributed by atoms with Gasteiger partial charge in [0.2, 0.25) is 0 Å². The quantitative estimate of drug-likeness (QED) is 0.580. The van der Waals surface area contributed by atoms with E-state index in [1.54, 1.807) is 0 Å². The molecule has 0 atom stereocenters. The first kappa shape index (κ1) is 14.2. The number of aliphatic hydroxyl groups excluding tert-OH is 1. The van der Waals surface area contributed by atoms with E-state index in [-0.39, 0.29) is 19.0 Å². The molecule has 1 heterocycles. The van der Waals surface area contributed by atoms with Gasteiger partial charge in [0, 0.05) is 32.7 Å². The Kier molecular flexibility index (Phi) is 6.23. The summed E-state index contributed by atoms with van der Waals surface area (Å²) in [6.45, 7) is 2.76. The van der Waals surface area contributed by atoms with Crippen molar-refractivity contribution >= 4 is 24.3 Å². The summed E-state index contributed by atoms with van der Waals surface area (Å²) in [5, 5.41) is 17.1. The molecule has 1 aliphatic heterocycles. The van der Waals surface area contributed by atoms with Crippen molar-refractivity contribution in [2.45, 2.75) is 0 Å². The Hall–Kier alpha value is -0.850. The first-order chi connectivity index (χ1) is 6.65. The fraction of sp³-hybridized carbons (Fsp3) is 0.750. The van der Waals surface area contributed by atoms with Crippen LogP contribution in [0.25, 0.3) is 0 Å². The Morgan fingerprint density at radius 1 is 1.13 bits per heavy atom. The molecule has 0 aromatic carbocycles. The van der Waals surface area contributed by atoms with E-state index in [2.05, 4.69) is 0 Å². The number of amides is 1. The summed E-state index contributed by atoms with van der Waals surface area (Å²) in [6.07, 6.45) is 0. The molecule has 0 radical (unpaired) electrons. The maximum atomic E-state index is 11.0. The molecule has 6 nitrogen and oxygen atoms in total. The van der Waals surface area contributed by atoms with Gasteiger partial charge in [-0.2, -0.15) is 0 Å². The molecule has 1 aliphatic rings. The number of β-amino-alcohol motifs (C(OH)–C–C–N with tert-alkyl or cyclic N) is 1. The van der Waals surface area contributed by atoms with Crippen molar-refractivity contribution in [3.05, 3.63) is 0 Å². The fourth-order valence-corrected chi connectivity index (χ4v) is 1.45. The van der Waals surface area contributed by atoms with Crippen LogP contribution in [0.4, 0.5) is 0 Å². The molecule has 1 amide bonds. The van der Waals surface area contributed by atoms with Gasteiger partial charge in [-0.05, 0) is 0 Å². The van der Waals surface area contributed by atoms with Gasteiger partial charge in [-0.25, -0.2) is 4.79 Å². The number of halogens is 1. The van der Waals surface area contributed by atoms with Gasteiger partial charge in [-0.15, -0.1) is 12.4 Å². The van der Waals surface area contributed by atoms with Crippen LogP contribution in [-0.2, 0) is 9.59 Å². The smallest absolute Gasteiger partial charge is 0.394 e. The highest BCUT2D eigenvalue weighted by molar-refractivity contribution is 6.31. The zero-order chi connectivity index (χ0) is 10.6. The normalized spacial score (nSPS) is 17.0. The van der Waals surface area contributed by atoms with E-state index >= 15 is 0 Å². The van der Waals surface area contributed by atoms with Gasteiger partial charge in [0.1, 0.15) is 0 Å². The Morgan fingerprint density at radius 2 is 1.67 bits per heavy atom. The molecule has 88 valence electrons. The molecule has 15 heavy (non-hydrogen) atoms. The van der Waals surface area contributed by atoms with E-state index in [1.807, 2.05) is 4.90 Å². The molecular formula is C8H15ClN2O4. The minimum atomic E-state index is -1.40. The maximum absolute atomic E-state index is 11.0. The molecule has 1 saturated heterocycles. The average Bonchev–Trinajstić information content (AvgIpc) is 2.18. The lowest BCUT2D eigenvalue weighted by Crippen LogP contribution is -2.51. The monoisotopic (exact) mass is 238 g/mol. The van der Waals surface area contributed by atoms with Crippen molar-refractivity contribution < 1.29 is 19.8 Å². The SMILES string of the molecule is Cl.O=C(O)C(=O)N1CCN(CCO)CC1. The summed E-state index contributed by atoms with van der Waals surface area (Å²) in [5.74, 6) is -2.24. The van der Waals surface area contributed by atoms with Crippen LogP contribution in [0.5, 0.6) is 0 Å². The molecule has 0 aliphatic carbocycles. The van der Waals surface area contributed by atoms with Crippen LogP contribution >= 0.6 is 12.4 Å². The molecule has 1 fully saturated rings. The lowest BCUT2D eigenvalue weighted by atomic mass is 10.3. The molecule has 7 heteroatoms. The number of aliphatic carboxylic acids is 1. The van der Waals surface area contributed by atoms with Gasteiger partial charge >= 0.3 is 11.9 Å². The number of carbonyl (C=O) groups is 2.